The molecule has 1 nitrogen and oxygen atoms in total. The van der Waals surface area contributed by atoms with Gasteiger partial charge in [0.2, 0.25) is 0 Å². The molecule has 0 heterocycles. The van der Waals surface area contributed by atoms with Gasteiger partial charge in [-0.05, 0) is 32.8 Å². The summed E-state index contributed by atoms with van der Waals surface area (Å²) in [7, 11) is 0. The lowest BCUT2D eigenvalue weighted by Crippen LogP contribution is -2.19. The molecule has 0 aliphatic heterocycles. The summed E-state index contributed by atoms with van der Waals surface area (Å²) < 4.78 is 0. The first kappa shape index (κ1) is 12.1. The van der Waals surface area contributed by atoms with E-state index in [4.69, 9.17) is 0 Å². The Bertz CT molecular complexity index is 195. The van der Waals surface area contributed by atoms with Gasteiger partial charge in [-0.1, -0.05) is 25.3 Å². The molecule has 74 valence electrons. The third kappa shape index (κ3) is 7.46. The summed E-state index contributed by atoms with van der Waals surface area (Å²) in [4.78, 5) is 2.19. The van der Waals surface area contributed by atoms with Crippen molar-refractivity contribution in [3.63, 3.8) is 0 Å². The second-order valence-corrected chi connectivity index (χ2v) is 3.46. The van der Waals surface area contributed by atoms with E-state index in [1.165, 1.54) is 18.4 Å². The fraction of sp³-hybridized carbons (Fsp3) is 0.667. The maximum absolute atomic E-state index is 3.16. The second-order valence-electron chi connectivity index (χ2n) is 3.46. The summed E-state index contributed by atoms with van der Waals surface area (Å²) >= 11 is 0. The molecule has 0 unspecified atom stereocenters. The van der Waals surface area contributed by atoms with Crippen LogP contribution in [0.2, 0.25) is 0 Å². The van der Waals surface area contributed by atoms with Crippen LogP contribution in [0, 0.1) is 12.0 Å². The van der Waals surface area contributed by atoms with Gasteiger partial charge in [0.1, 0.15) is 0 Å². The summed E-state index contributed by atoms with van der Waals surface area (Å²) in [6.07, 6.45) is 4.31. The van der Waals surface area contributed by atoms with Gasteiger partial charge in [0.05, 0.1) is 0 Å². The summed E-state index contributed by atoms with van der Waals surface area (Å²) in [5, 5.41) is 0. The van der Waals surface area contributed by atoms with Crippen molar-refractivity contribution in [2.75, 3.05) is 13.1 Å². The first-order valence-electron chi connectivity index (χ1n) is 5.10. The average Bonchev–Trinajstić information content (AvgIpc) is 2.04. The zero-order chi connectivity index (χ0) is 10.1. The van der Waals surface area contributed by atoms with E-state index in [0.717, 1.165) is 13.1 Å². The fourth-order valence-electron chi connectivity index (χ4n) is 1.03. The monoisotopic (exact) mass is 179 g/mol. The minimum absolute atomic E-state index is 1.08. The normalized spacial score (nSPS) is 8.62. The van der Waals surface area contributed by atoms with Crippen LogP contribution in [0.1, 0.15) is 40.5 Å². The Balaban J connectivity index is 4.04. The predicted octanol–water partition coefficient (Wildman–Crippen LogP) is 3.04. The number of nitrogens with zero attached hydrogens (tertiary/aromatic N) is 1. The van der Waals surface area contributed by atoms with Crippen molar-refractivity contribution in [1.29, 1.82) is 0 Å². The van der Waals surface area contributed by atoms with Crippen LogP contribution in [0.3, 0.4) is 0 Å². The van der Waals surface area contributed by atoms with Crippen molar-refractivity contribution < 1.29 is 0 Å². The van der Waals surface area contributed by atoms with Gasteiger partial charge >= 0.3 is 0 Å². The molecule has 0 N–H and O–H groups in total. The van der Waals surface area contributed by atoms with Crippen molar-refractivity contribution in [2.45, 2.75) is 40.5 Å². The molecule has 0 bridgehead atoms. The number of hydrogen-bond acceptors (Lipinski definition) is 1. The first-order chi connectivity index (χ1) is 6.20. The number of rotatable bonds is 4. The lowest BCUT2D eigenvalue weighted by molar-refractivity contribution is 0.397. The Labute approximate surface area is 82.8 Å². The van der Waals surface area contributed by atoms with Crippen molar-refractivity contribution in [2.24, 2.45) is 0 Å². The largest absolute Gasteiger partial charge is 0.332 e. The summed E-state index contributed by atoms with van der Waals surface area (Å²) in [6.45, 7) is 10.7. The van der Waals surface area contributed by atoms with Gasteiger partial charge in [-0.2, -0.15) is 0 Å². The molecule has 0 spiro atoms. The Morgan fingerprint density at radius 1 is 1.15 bits per heavy atom. The molecule has 0 amide bonds. The third-order valence-corrected chi connectivity index (χ3v) is 1.57. The van der Waals surface area contributed by atoms with E-state index in [2.05, 4.69) is 44.6 Å². The van der Waals surface area contributed by atoms with Gasteiger partial charge in [0.15, 0.2) is 0 Å². The van der Waals surface area contributed by atoms with E-state index in [0.29, 0.717) is 0 Å². The van der Waals surface area contributed by atoms with Crippen molar-refractivity contribution >= 4 is 0 Å². The molecule has 0 atom stereocenters. The van der Waals surface area contributed by atoms with Crippen LogP contribution in [0.4, 0.5) is 0 Å². The summed E-state index contributed by atoms with van der Waals surface area (Å²) in [5.74, 6) is 3.07. The molecule has 0 fully saturated rings. The molecule has 13 heavy (non-hydrogen) atoms. The van der Waals surface area contributed by atoms with Gasteiger partial charge in [0, 0.05) is 19.1 Å². The topological polar surface area (TPSA) is 3.24 Å². The zero-order valence-electron chi connectivity index (χ0n) is 9.35. The van der Waals surface area contributed by atoms with Gasteiger partial charge in [-0.15, -0.1) is 0 Å². The van der Waals surface area contributed by atoms with E-state index in [1.807, 2.05) is 6.08 Å². The molecule has 0 aliphatic carbocycles. The second kappa shape index (κ2) is 7.73. The molecule has 1 heteroatoms. The smallest absolute Gasteiger partial charge is 0.0257 e. The van der Waals surface area contributed by atoms with Crippen LogP contribution in [0.25, 0.3) is 0 Å². The molecule has 0 saturated heterocycles. The Morgan fingerprint density at radius 3 is 2.08 bits per heavy atom. The van der Waals surface area contributed by atoms with Crippen LogP contribution in [0.5, 0.6) is 0 Å². The zero-order valence-corrected chi connectivity index (χ0v) is 9.35. The molecule has 0 aromatic carbocycles. The lowest BCUT2D eigenvalue weighted by Gasteiger charge is -2.14. The molecule has 0 aromatic rings. The molecular formula is C12H21N. The lowest BCUT2D eigenvalue weighted by atomic mass is 10.3. The third-order valence-electron chi connectivity index (χ3n) is 1.57. The van der Waals surface area contributed by atoms with Crippen molar-refractivity contribution in [3.05, 3.63) is 11.6 Å². The highest BCUT2D eigenvalue weighted by atomic mass is 15.1. The summed E-state index contributed by atoms with van der Waals surface area (Å²) in [5.41, 5.74) is 1.26. The van der Waals surface area contributed by atoms with Crippen molar-refractivity contribution in [1.82, 2.24) is 4.90 Å². The number of allylic oxidation sites excluding steroid dienone is 2. The van der Waals surface area contributed by atoms with E-state index in [-0.39, 0.29) is 0 Å². The summed E-state index contributed by atoms with van der Waals surface area (Å²) in [6, 6.07) is 3.16. The van der Waals surface area contributed by atoms with Gasteiger partial charge in [0.25, 0.3) is 0 Å². The molecule has 0 rings (SSSR count). The predicted molar refractivity (Wildman–Crippen MR) is 59.4 cm³/mol. The minimum atomic E-state index is 1.08. The quantitative estimate of drug-likeness (QED) is 0.473. The van der Waals surface area contributed by atoms with Crippen molar-refractivity contribution in [3.8, 4) is 12.0 Å². The maximum atomic E-state index is 3.16. The Morgan fingerprint density at radius 2 is 1.69 bits per heavy atom. The average molecular weight is 179 g/mol. The van der Waals surface area contributed by atoms with Gasteiger partial charge in [-0.3, -0.25) is 0 Å². The highest BCUT2D eigenvalue weighted by Gasteiger charge is 1.93. The standard InChI is InChI=1S/C12H21N/c1-5-9-13(10-6-2)11-7-8-12(3)4/h8H,5-6,9-10H2,1-4H3. The van der Waals surface area contributed by atoms with Crippen LogP contribution in [-0.4, -0.2) is 18.0 Å². The first-order valence-corrected chi connectivity index (χ1v) is 5.10. The Hall–Kier alpha value is -0.900. The fourth-order valence-corrected chi connectivity index (χ4v) is 1.03. The molecule has 0 saturated carbocycles. The van der Waals surface area contributed by atoms with Gasteiger partial charge in [-0.25, -0.2) is 0 Å². The van der Waals surface area contributed by atoms with E-state index >= 15 is 0 Å². The maximum Gasteiger partial charge on any atom is 0.0257 e. The van der Waals surface area contributed by atoms with Crippen LogP contribution < -0.4 is 0 Å². The van der Waals surface area contributed by atoms with Crippen LogP contribution in [-0.2, 0) is 0 Å². The van der Waals surface area contributed by atoms with Crippen LogP contribution in [0.15, 0.2) is 11.6 Å². The Kier molecular flexibility index (Phi) is 7.20. The molecule has 0 aliphatic rings. The molecule has 0 radical (unpaired) electrons. The van der Waals surface area contributed by atoms with Gasteiger partial charge < -0.3 is 4.90 Å². The highest BCUT2D eigenvalue weighted by Crippen LogP contribution is 1.92. The highest BCUT2D eigenvalue weighted by molar-refractivity contribution is 5.18. The van der Waals surface area contributed by atoms with E-state index in [9.17, 15) is 0 Å². The van der Waals surface area contributed by atoms with E-state index in [1.54, 1.807) is 0 Å². The number of hydrogen-bond donors (Lipinski definition) is 0. The SMILES string of the molecule is CCCN(C#CC=C(C)C)CCC. The molecular weight excluding hydrogens is 158 g/mol. The minimum Gasteiger partial charge on any atom is -0.332 e. The van der Waals surface area contributed by atoms with E-state index < -0.39 is 0 Å². The van der Waals surface area contributed by atoms with Crippen LogP contribution >= 0.6 is 0 Å². The molecule has 0 aromatic heterocycles.